The van der Waals surface area contributed by atoms with Crippen molar-refractivity contribution in [1.82, 2.24) is 10.0 Å². The summed E-state index contributed by atoms with van der Waals surface area (Å²) in [6, 6.07) is 8.01. The second-order valence-corrected chi connectivity index (χ2v) is 8.50. The predicted molar refractivity (Wildman–Crippen MR) is 109 cm³/mol. The van der Waals surface area contributed by atoms with Crippen LogP contribution in [0.1, 0.15) is 31.0 Å². The third-order valence-corrected chi connectivity index (χ3v) is 6.00. The molecule has 0 saturated heterocycles. The Morgan fingerprint density at radius 2 is 1.82 bits per heavy atom. The van der Waals surface area contributed by atoms with Gasteiger partial charge in [-0.05, 0) is 48.4 Å². The van der Waals surface area contributed by atoms with Crippen LogP contribution < -0.4 is 10.0 Å². The van der Waals surface area contributed by atoms with Gasteiger partial charge in [0.05, 0.1) is 16.0 Å². The zero-order valence-electron chi connectivity index (χ0n) is 15.2. The molecule has 0 heterocycles. The number of sulfonamides is 1. The number of rotatable bonds is 7. The van der Waals surface area contributed by atoms with Crippen LogP contribution in [-0.2, 0) is 14.8 Å². The lowest BCUT2D eigenvalue weighted by Crippen LogP contribution is -2.25. The number of carbonyl (C=O) groups is 1. The summed E-state index contributed by atoms with van der Waals surface area (Å²) in [6.45, 7) is 3.66. The smallest absolute Gasteiger partial charge is 0.244 e. The van der Waals surface area contributed by atoms with Crippen molar-refractivity contribution in [3.8, 4) is 0 Å². The van der Waals surface area contributed by atoms with Gasteiger partial charge < -0.3 is 5.32 Å². The molecule has 0 aliphatic rings. The molecule has 5 nitrogen and oxygen atoms in total. The Balaban J connectivity index is 2.05. The van der Waals surface area contributed by atoms with Crippen LogP contribution >= 0.6 is 23.2 Å². The molecule has 0 aromatic heterocycles. The van der Waals surface area contributed by atoms with E-state index in [1.54, 1.807) is 26.0 Å². The van der Waals surface area contributed by atoms with E-state index >= 15 is 0 Å². The van der Waals surface area contributed by atoms with E-state index in [-0.39, 0.29) is 14.9 Å². The maximum Gasteiger partial charge on any atom is 0.244 e. The molecule has 0 aliphatic carbocycles. The van der Waals surface area contributed by atoms with Gasteiger partial charge in [0.25, 0.3) is 0 Å². The van der Waals surface area contributed by atoms with Crippen LogP contribution in [0.4, 0.5) is 4.39 Å². The van der Waals surface area contributed by atoms with Crippen molar-refractivity contribution in [2.45, 2.75) is 24.8 Å². The first-order valence-corrected chi connectivity index (χ1v) is 10.6. The van der Waals surface area contributed by atoms with Crippen molar-refractivity contribution in [2.24, 2.45) is 0 Å². The molecule has 1 atom stereocenters. The highest BCUT2D eigenvalue weighted by atomic mass is 35.5. The van der Waals surface area contributed by atoms with Crippen molar-refractivity contribution >= 4 is 45.2 Å². The Labute approximate surface area is 173 Å². The molecule has 0 saturated carbocycles. The number of amides is 1. The van der Waals surface area contributed by atoms with Crippen LogP contribution in [-0.4, -0.2) is 20.9 Å². The molecule has 2 aromatic carbocycles. The Kier molecular flexibility index (Phi) is 7.60. The van der Waals surface area contributed by atoms with E-state index in [1.165, 1.54) is 36.4 Å². The summed E-state index contributed by atoms with van der Waals surface area (Å²) in [5.74, 6) is -1.03. The normalized spacial score (nSPS) is 12.9. The van der Waals surface area contributed by atoms with Crippen LogP contribution in [0.2, 0.25) is 10.0 Å². The Bertz CT molecular complexity index is 993. The molecule has 0 aliphatic heterocycles. The summed E-state index contributed by atoms with van der Waals surface area (Å²) in [7, 11) is -3.52. The Hall–Kier alpha value is -1.93. The molecular formula is C19H19Cl2FN2O3S. The van der Waals surface area contributed by atoms with Crippen LogP contribution in [0.25, 0.3) is 6.08 Å². The van der Waals surface area contributed by atoms with Gasteiger partial charge in [-0.3, -0.25) is 4.79 Å². The fraction of sp³-hybridized carbons (Fsp3) is 0.211. The molecule has 2 aromatic rings. The third kappa shape index (κ3) is 5.78. The molecule has 0 fully saturated rings. The Morgan fingerprint density at radius 1 is 1.18 bits per heavy atom. The van der Waals surface area contributed by atoms with Crippen molar-refractivity contribution < 1.29 is 17.6 Å². The summed E-state index contributed by atoms with van der Waals surface area (Å²) in [5.41, 5.74) is 1.05. The molecule has 9 heteroatoms. The van der Waals surface area contributed by atoms with Gasteiger partial charge >= 0.3 is 0 Å². The van der Waals surface area contributed by atoms with Crippen molar-refractivity contribution in [3.05, 3.63) is 69.5 Å². The molecule has 28 heavy (non-hydrogen) atoms. The highest BCUT2D eigenvalue weighted by molar-refractivity contribution is 7.89. The van der Waals surface area contributed by atoms with Crippen LogP contribution in [0, 0.1) is 5.82 Å². The van der Waals surface area contributed by atoms with E-state index in [2.05, 4.69) is 10.0 Å². The number of benzene rings is 2. The van der Waals surface area contributed by atoms with E-state index in [9.17, 15) is 17.6 Å². The molecule has 2 rings (SSSR count). The van der Waals surface area contributed by atoms with Gasteiger partial charge in [-0.25, -0.2) is 17.5 Å². The van der Waals surface area contributed by atoms with Crippen LogP contribution in [0.5, 0.6) is 0 Å². The molecule has 0 bridgehead atoms. The minimum absolute atomic E-state index is 0.0910. The van der Waals surface area contributed by atoms with E-state index < -0.39 is 27.8 Å². The zero-order chi connectivity index (χ0) is 20.9. The minimum atomic E-state index is -3.52. The topological polar surface area (TPSA) is 75.3 Å². The lowest BCUT2D eigenvalue weighted by Gasteiger charge is -2.15. The SMILES string of the molecule is CCNS(=O)(=O)c1ccc(/C=C/C(=O)NC(C)c2cc(F)c(Cl)cc2Cl)cc1. The molecule has 0 spiro atoms. The molecule has 1 unspecified atom stereocenters. The minimum Gasteiger partial charge on any atom is -0.346 e. The van der Waals surface area contributed by atoms with Crippen molar-refractivity contribution in [3.63, 3.8) is 0 Å². The Morgan fingerprint density at radius 3 is 2.43 bits per heavy atom. The second kappa shape index (κ2) is 9.52. The molecule has 1 amide bonds. The lowest BCUT2D eigenvalue weighted by molar-refractivity contribution is -0.117. The third-order valence-electron chi connectivity index (χ3n) is 3.82. The standard InChI is InChI=1S/C19H19Cl2FN2O3S/c1-3-23-28(26,27)14-7-4-13(5-8-14)6-9-19(25)24-12(2)15-10-18(22)17(21)11-16(15)20/h4-12,23H,3H2,1-2H3,(H,24,25)/b9-6+. The van der Waals surface area contributed by atoms with E-state index in [0.29, 0.717) is 17.7 Å². The largest absolute Gasteiger partial charge is 0.346 e. The highest BCUT2D eigenvalue weighted by Gasteiger charge is 2.15. The van der Waals surface area contributed by atoms with E-state index in [0.717, 1.165) is 0 Å². The monoisotopic (exact) mass is 444 g/mol. The fourth-order valence-corrected chi connectivity index (χ4v) is 4.00. The molecule has 150 valence electrons. The van der Waals surface area contributed by atoms with Gasteiger partial charge in [-0.15, -0.1) is 0 Å². The van der Waals surface area contributed by atoms with Crippen LogP contribution in [0.3, 0.4) is 0 Å². The quantitative estimate of drug-likeness (QED) is 0.493. The number of nitrogens with one attached hydrogen (secondary N) is 2. The number of hydrogen-bond acceptors (Lipinski definition) is 3. The summed E-state index contributed by atoms with van der Waals surface area (Å²) < 4.78 is 39.8. The maximum absolute atomic E-state index is 13.6. The van der Waals surface area contributed by atoms with Gasteiger partial charge in [-0.2, -0.15) is 0 Å². The summed E-state index contributed by atoms with van der Waals surface area (Å²) >= 11 is 11.7. The number of hydrogen-bond donors (Lipinski definition) is 2. The predicted octanol–water partition coefficient (Wildman–Crippen LogP) is 4.32. The second-order valence-electron chi connectivity index (χ2n) is 5.92. The van der Waals surface area contributed by atoms with Gasteiger partial charge in [0, 0.05) is 17.6 Å². The highest BCUT2D eigenvalue weighted by Crippen LogP contribution is 2.28. The lowest BCUT2D eigenvalue weighted by atomic mass is 10.1. The van der Waals surface area contributed by atoms with Gasteiger partial charge in [-0.1, -0.05) is 42.3 Å². The van der Waals surface area contributed by atoms with E-state index in [1.807, 2.05) is 0 Å². The molecular weight excluding hydrogens is 426 g/mol. The fourth-order valence-electron chi connectivity index (χ4n) is 2.41. The average molecular weight is 445 g/mol. The van der Waals surface area contributed by atoms with Crippen LogP contribution in [0.15, 0.2) is 47.4 Å². The van der Waals surface area contributed by atoms with Crippen molar-refractivity contribution in [2.75, 3.05) is 6.54 Å². The average Bonchev–Trinajstić information content (AvgIpc) is 2.63. The van der Waals surface area contributed by atoms with Crippen molar-refractivity contribution in [1.29, 1.82) is 0 Å². The summed E-state index contributed by atoms with van der Waals surface area (Å²) in [5, 5.41) is 2.84. The molecule has 2 N–H and O–H groups in total. The van der Waals surface area contributed by atoms with Gasteiger partial charge in [0.1, 0.15) is 5.82 Å². The van der Waals surface area contributed by atoms with E-state index in [4.69, 9.17) is 23.2 Å². The molecule has 0 radical (unpaired) electrons. The summed E-state index contributed by atoms with van der Waals surface area (Å²) in [6.07, 6.45) is 2.83. The number of halogens is 3. The first kappa shape index (κ1) is 22.4. The maximum atomic E-state index is 13.6. The zero-order valence-corrected chi connectivity index (χ0v) is 17.5. The first-order chi connectivity index (χ1) is 13.1. The number of carbonyl (C=O) groups excluding carboxylic acids is 1. The van der Waals surface area contributed by atoms with Gasteiger partial charge in [0.2, 0.25) is 15.9 Å². The van der Waals surface area contributed by atoms with Gasteiger partial charge in [0.15, 0.2) is 0 Å². The first-order valence-electron chi connectivity index (χ1n) is 8.36. The summed E-state index contributed by atoms with van der Waals surface area (Å²) in [4.78, 5) is 12.3.